The Balaban J connectivity index is -0.0000000275. The minimum atomic E-state index is -0.292. The van der Waals surface area contributed by atoms with E-state index in [1.54, 1.807) is 0 Å². The fraction of sp³-hybridized carbons (Fsp3) is 1.00. The monoisotopic (exact) mass is 477 g/mol. The van der Waals surface area contributed by atoms with Gasteiger partial charge in [0.15, 0.2) is 0 Å². The van der Waals surface area contributed by atoms with Gasteiger partial charge >= 0.3 is 43.4 Å². The average Bonchev–Trinajstić information content (AvgIpc) is 1.46. The van der Waals surface area contributed by atoms with E-state index in [1.165, 1.54) is 0 Å². The van der Waals surface area contributed by atoms with E-state index >= 15 is 0 Å². The summed E-state index contributed by atoms with van der Waals surface area (Å²) in [5.74, 6) is 1.81. The van der Waals surface area contributed by atoms with Crippen LogP contribution in [0.25, 0.3) is 0 Å². The molecule has 0 amide bonds. The van der Waals surface area contributed by atoms with Crippen molar-refractivity contribution in [2.45, 2.75) is 0 Å². The zero-order valence-corrected chi connectivity index (χ0v) is 12.0. The Hall–Kier alpha value is 2.32. The molecule has 5 heteroatoms. The van der Waals surface area contributed by atoms with Gasteiger partial charge in [-0.3, -0.25) is 0 Å². The third-order valence-corrected chi connectivity index (χ3v) is 0. The van der Waals surface area contributed by atoms with E-state index in [4.69, 9.17) is 0 Å². The van der Waals surface area contributed by atoms with Crippen LogP contribution in [-0.4, -0.2) is 25.3 Å². The molecule has 2 radical (unpaired) electrons. The second-order valence-electron chi connectivity index (χ2n) is 0.0714. The number of halogens is 3. The van der Waals surface area contributed by atoms with Gasteiger partial charge in [0.05, 0.1) is 0 Å². The maximum atomic E-state index is 3.26. The van der Waals surface area contributed by atoms with Gasteiger partial charge in [0.2, 0.25) is 0 Å². The molecule has 0 saturated heterocycles. The number of alkyl halides is 1. The summed E-state index contributed by atoms with van der Waals surface area (Å²) in [4.78, 5) is 0. The van der Waals surface area contributed by atoms with Crippen LogP contribution in [0.3, 0.4) is 0 Å². The molecule has 0 fully saturated rings. The van der Waals surface area contributed by atoms with E-state index in [-0.39, 0.29) is 25.6 Å². The molecule has 0 spiro atoms. The summed E-state index contributed by atoms with van der Waals surface area (Å²) in [6.07, 6.45) is 0. The third kappa shape index (κ3) is 33.2. The molecule has 3 N–H and O–H groups in total. The van der Waals surface area contributed by atoms with Gasteiger partial charge in [-0.1, -0.05) is 15.9 Å². The first-order valence-electron chi connectivity index (χ1n) is 0.756. The normalized spacial score (nSPS) is 4.00. The Kier molecular flexibility index (Phi) is 69.6. The van der Waals surface area contributed by atoms with E-state index in [2.05, 4.69) is 39.9 Å². The van der Waals surface area contributed by atoms with E-state index < -0.39 is 0 Å². The van der Waals surface area contributed by atoms with Crippen molar-refractivity contribution in [3.05, 3.63) is 0 Å². The zero-order valence-electron chi connectivity index (χ0n) is 3.34. The second kappa shape index (κ2) is 26.5. The summed E-state index contributed by atoms with van der Waals surface area (Å²) in [6.45, 7) is 0. The summed E-state index contributed by atoms with van der Waals surface area (Å²) in [7, 11) is 0. The van der Waals surface area contributed by atoms with E-state index in [9.17, 15) is 0 Å². The first-order valence-corrected chi connectivity index (χ1v) is 19.2. The van der Waals surface area contributed by atoms with Crippen LogP contribution in [0.15, 0.2) is 0 Å². The Morgan fingerprint density at radius 3 is 1.17 bits per heavy atom. The number of rotatable bonds is 0. The van der Waals surface area contributed by atoms with Gasteiger partial charge < -0.3 is 6.15 Å². The SMILES string of the molecule is CBr.N.[Br][Pb][Br]. The summed E-state index contributed by atoms with van der Waals surface area (Å²) >= 11 is 9.16. The molecule has 40 valence electrons. The van der Waals surface area contributed by atoms with Crippen LogP contribution >= 0.6 is 39.9 Å². The molecule has 0 aromatic heterocycles. The van der Waals surface area contributed by atoms with Crippen molar-refractivity contribution in [1.82, 2.24) is 6.15 Å². The molecule has 0 aliphatic carbocycles. The molecular weight excluding hydrogens is 473 g/mol. The average molecular weight is 479 g/mol. The number of hydrogen-bond donors (Lipinski definition) is 1. The van der Waals surface area contributed by atoms with Crippen LogP contribution < -0.4 is 6.15 Å². The Morgan fingerprint density at radius 2 is 1.17 bits per heavy atom. The van der Waals surface area contributed by atoms with Gasteiger partial charge in [0.25, 0.3) is 0 Å². The van der Waals surface area contributed by atoms with Crippen LogP contribution in [0.2, 0.25) is 0 Å². The van der Waals surface area contributed by atoms with Crippen LogP contribution in [0, 0.1) is 0 Å². The van der Waals surface area contributed by atoms with Crippen LogP contribution in [-0.2, 0) is 0 Å². The molecule has 0 aliphatic rings. The quantitative estimate of drug-likeness (QED) is 0.421. The van der Waals surface area contributed by atoms with Gasteiger partial charge in [0.1, 0.15) is 0 Å². The Bertz CT molecular complexity index is 10.8. The molecule has 0 heterocycles. The van der Waals surface area contributed by atoms with Gasteiger partial charge in [0, 0.05) is 0 Å². The number of hydrogen-bond acceptors (Lipinski definition) is 1. The first kappa shape index (κ1) is 15.8. The van der Waals surface area contributed by atoms with Crippen LogP contribution in [0.4, 0.5) is 0 Å². The van der Waals surface area contributed by atoms with Gasteiger partial charge in [-0.2, -0.15) is 0 Å². The van der Waals surface area contributed by atoms with Crippen molar-refractivity contribution in [3.63, 3.8) is 0 Å². The zero-order chi connectivity index (χ0) is 4.71. The molecule has 0 aliphatic heterocycles. The van der Waals surface area contributed by atoms with Gasteiger partial charge in [-0.15, -0.1) is 0 Å². The molecule has 1 nitrogen and oxygen atoms in total. The van der Waals surface area contributed by atoms with Crippen LogP contribution in [0.1, 0.15) is 0 Å². The summed E-state index contributed by atoms with van der Waals surface area (Å²) in [5.41, 5.74) is 0. The Morgan fingerprint density at radius 1 is 1.17 bits per heavy atom. The van der Waals surface area contributed by atoms with Crippen molar-refractivity contribution >= 4 is 59.3 Å². The summed E-state index contributed by atoms with van der Waals surface area (Å²) < 4.78 is 0. The van der Waals surface area contributed by atoms with E-state index in [0.717, 1.165) is 0 Å². The minimum absolute atomic E-state index is 0. The first-order chi connectivity index (χ1) is 2.41. The van der Waals surface area contributed by atoms with Crippen molar-refractivity contribution in [2.75, 3.05) is 5.83 Å². The van der Waals surface area contributed by atoms with E-state index in [1.807, 2.05) is 5.83 Å². The molecule has 0 aromatic carbocycles. The van der Waals surface area contributed by atoms with Crippen molar-refractivity contribution in [1.29, 1.82) is 0 Å². The van der Waals surface area contributed by atoms with Crippen molar-refractivity contribution in [2.24, 2.45) is 0 Å². The molecule has 0 aromatic rings. The predicted octanol–water partition coefficient (Wildman–Crippen LogP) is 2.48. The van der Waals surface area contributed by atoms with Crippen molar-refractivity contribution < 1.29 is 0 Å². The predicted molar refractivity (Wildman–Crippen MR) is 43.5 cm³/mol. The van der Waals surface area contributed by atoms with Gasteiger partial charge in [-0.05, 0) is 5.83 Å². The van der Waals surface area contributed by atoms with E-state index in [0.29, 0.717) is 0 Å². The third-order valence-electron chi connectivity index (χ3n) is 0. The molecular formula is CH6Br3NPb. The molecule has 0 unspecified atom stereocenters. The standard InChI is InChI=1S/CH3Br.2BrH.H3N.Pb/c1-2;;;;/h1H3;2*1H;1H3;/q;;;;+2/p-2. The summed E-state index contributed by atoms with van der Waals surface area (Å²) in [5, 5.41) is 0. The molecule has 0 atom stereocenters. The molecule has 0 rings (SSSR count). The second-order valence-corrected chi connectivity index (χ2v) is 16.9. The van der Waals surface area contributed by atoms with Crippen LogP contribution in [0.5, 0.6) is 0 Å². The van der Waals surface area contributed by atoms with Gasteiger partial charge in [-0.25, -0.2) is 0 Å². The fourth-order valence-electron chi connectivity index (χ4n) is 0. The topological polar surface area (TPSA) is 35.0 Å². The molecule has 6 heavy (non-hydrogen) atoms. The fourth-order valence-corrected chi connectivity index (χ4v) is 0. The molecule has 0 saturated carbocycles. The van der Waals surface area contributed by atoms with Crippen molar-refractivity contribution in [3.8, 4) is 0 Å². The molecule has 0 bridgehead atoms. The maximum absolute atomic E-state index is 3.26. The summed E-state index contributed by atoms with van der Waals surface area (Å²) in [6, 6.07) is 0. The Labute approximate surface area is 70.2 Å².